The van der Waals surface area contributed by atoms with E-state index in [9.17, 15) is 0 Å². The zero-order chi connectivity index (χ0) is 17.0. The summed E-state index contributed by atoms with van der Waals surface area (Å²) in [5.41, 5.74) is 7.18. The number of fused-ring (bicyclic) bond motifs is 1. The van der Waals surface area contributed by atoms with Crippen molar-refractivity contribution >= 4 is 23.1 Å². The van der Waals surface area contributed by atoms with Gasteiger partial charge in [0, 0.05) is 23.3 Å². The van der Waals surface area contributed by atoms with E-state index < -0.39 is 0 Å². The van der Waals surface area contributed by atoms with Gasteiger partial charge >= 0.3 is 0 Å². The Morgan fingerprint density at radius 3 is 2.13 bits per heavy atom. The Bertz CT molecular complexity index is 830. The lowest BCUT2D eigenvalue weighted by Crippen LogP contribution is -1.80. The zero-order valence-corrected chi connectivity index (χ0v) is 14.7. The molecule has 0 unspecified atom stereocenters. The molecule has 3 rings (SSSR count). The van der Waals surface area contributed by atoms with Gasteiger partial charge in [-0.1, -0.05) is 30.9 Å². The highest BCUT2D eigenvalue weighted by Crippen LogP contribution is 2.31. The van der Waals surface area contributed by atoms with Gasteiger partial charge in [0.2, 0.25) is 0 Å². The van der Waals surface area contributed by atoms with Crippen LogP contribution in [-0.4, -0.2) is 4.98 Å². The van der Waals surface area contributed by atoms with Gasteiger partial charge in [-0.15, -0.1) is 0 Å². The van der Waals surface area contributed by atoms with Crippen molar-refractivity contribution in [3.63, 3.8) is 0 Å². The maximum atomic E-state index is 5.88. The quantitative estimate of drug-likeness (QED) is 0.586. The number of benzene rings is 1. The third-order valence-corrected chi connectivity index (χ3v) is 4.19. The number of H-pyrrole nitrogens is 1. The number of hydrogen-bond donors (Lipinski definition) is 1. The van der Waals surface area contributed by atoms with Crippen LogP contribution in [0.1, 0.15) is 40.5 Å². The zero-order valence-electron chi connectivity index (χ0n) is 14.7. The van der Waals surface area contributed by atoms with Crippen LogP contribution in [0.25, 0.3) is 23.1 Å². The van der Waals surface area contributed by atoms with E-state index in [1.165, 1.54) is 22.3 Å². The predicted octanol–water partition coefficient (Wildman–Crippen LogP) is 6.36. The molecule has 0 aliphatic carbocycles. The second kappa shape index (κ2) is 7.19. The summed E-state index contributed by atoms with van der Waals surface area (Å²) < 4.78 is 5.88. The molecule has 0 bridgehead atoms. The molecular weight excluding hydrogens is 282 g/mol. The number of allylic oxidation sites excluding steroid dienone is 1. The van der Waals surface area contributed by atoms with Crippen LogP contribution in [0.2, 0.25) is 0 Å². The number of furan rings is 1. The van der Waals surface area contributed by atoms with Gasteiger partial charge in [0.25, 0.3) is 0 Å². The lowest BCUT2D eigenvalue weighted by Gasteiger charge is -1.99. The predicted molar refractivity (Wildman–Crippen MR) is 101 cm³/mol. The average molecular weight is 307 g/mol. The minimum Gasteiger partial charge on any atom is -0.456 e. The van der Waals surface area contributed by atoms with Crippen molar-refractivity contribution in [3.8, 4) is 0 Å². The molecule has 2 heteroatoms. The lowest BCUT2D eigenvalue weighted by molar-refractivity contribution is 0.600. The molecule has 2 nitrogen and oxygen atoms in total. The average Bonchev–Trinajstić information content (AvgIpc) is 3.08. The van der Waals surface area contributed by atoms with Gasteiger partial charge in [0.15, 0.2) is 0 Å². The normalized spacial score (nSPS) is 10.8. The van der Waals surface area contributed by atoms with E-state index in [0.717, 1.165) is 22.3 Å². The van der Waals surface area contributed by atoms with Gasteiger partial charge in [0.05, 0.1) is 0 Å². The first-order valence-electron chi connectivity index (χ1n) is 7.87. The molecule has 2 heterocycles. The van der Waals surface area contributed by atoms with Gasteiger partial charge in [-0.3, -0.25) is 0 Å². The third kappa shape index (κ3) is 3.48. The summed E-state index contributed by atoms with van der Waals surface area (Å²) in [5, 5.41) is 1.14. The van der Waals surface area contributed by atoms with Crippen molar-refractivity contribution in [1.29, 1.82) is 0 Å². The van der Waals surface area contributed by atoms with Gasteiger partial charge < -0.3 is 9.40 Å². The van der Waals surface area contributed by atoms with Crippen LogP contribution >= 0.6 is 0 Å². The molecule has 0 spiro atoms. The first-order chi connectivity index (χ1) is 11.0. The largest absolute Gasteiger partial charge is 0.456 e. The van der Waals surface area contributed by atoms with Crippen molar-refractivity contribution in [2.24, 2.45) is 0 Å². The number of rotatable bonds is 2. The Balaban J connectivity index is 0.000000229. The minimum atomic E-state index is 0.890. The van der Waals surface area contributed by atoms with Crippen molar-refractivity contribution in [3.05, 3.63) is 70.8 Å². The second-order valence-corrected chi connectivity index (χ2v) is 5.79. The number of nitrogens with one attached hydrogen (secondary N) is 1. The summed E-state index contributed by atoms with van der Waals surface area (Å²) in [6.07, 6.45) is 9.80. The highest BCUT2D eigenvalue weighted by atomic mass is 16.3. The van der Waals surface area contributed by atoms with Crippen LogP contribution in [0.3, 0.4) is 0 Å². The van der Waals surface area contributed by atoms with Gasteiger partial charge in [-0.2, -0.15) is 0 Å². The summed E-state index contributed by atoms with van der Waals surface area (Å²) in [6, 6.07) is 4.23. The fraction of sp³-hybridized carbons (Fsp3) is 0.238. The fourth-order valence-electron chi connectivity index (χ4n) is 2.44. The number of aryl methyl sites for hydroxylation is 4. The van der Waals surface area contributed by atoms with E-state index in [1.54, 1.807) is 0 Å². The number of hydrogen-bond acceptors (Lipinski definition) is 1. The Kier molecular flexibility index (Phi) is 5.28. The van der Waals surface area contributed by atoms with E-state index in [4.69, 9.17) is 4.42 Å². The second-order valence-electron chi connectivity index (χ2n) is 5.79. The highest BCUT2D eigenvalue weighted by Gasteiger charge is 2.11. The molecular formula is C21H25NO. The Labute approximate surface area is 138 Å². The summed E-state index contributed by atoms with van der Waals surface area (Å²) in [7, 11) is 0. The SMILES string of the molecule is C=Cc1c(/C=C\C)oc2c(C)c(C)ccc12.Cc1c[nH]cc1C. The van der Waals surface area contributed by atoms with Crippen LogP contribution < -0.4 is 0 Å². The van der Waals surface area contributed by atoms with E-state index >= 15 is 0 Å². The highest BCUT2D eigenvalue weighted by molar-refractivity contribution is 5.92. The number of aromatic amines is 1. The molecule has 1 aromatic carbocycles. The molecule has 0 aliphatic rings. The van der Waals surface area contributed by atoms with Gasteiger partial charge in [0.1, 0.15) is 11.3 Å². The number of aromatic nitrogens is 1. The summed E-state index contributed by atoms with van der Waals surface area (Å²) in [4.78, 5) is 3.00. The van der Waals surface area contributed by atoms with Crippen LogP contribution in [0.5, 0.6) is 0 Å². The molecule has 120 valence electrons. The fourth-order valence-corrected chi connectivity index (χ4v) is 2.44. The first-order valence-corrected chi connectivity index (χ1v) is 7.87. The molecule has 3 aromatic rings. The van der Waals surface area contributed by atoms with Crippen LogP contribution in [0, 0.1) is 27.7 Å². The van der Waals surface area contributed by atoms with E-state index in [2.05, 4.69) is 51.4 Å². The van der Waals surface area contributed by atoms with Crippen molar-refractivity contribution < 1.29 is 4.42 Å². The Morgan fingerprint density at radius 1 is 1.00 bits per heavy atom. The van der Waals surface area contributed by atoms with E-state index in [-0.39, 0.29) is 0 Å². The molecule has 0 amide bonds. The van der Waals surface area contributed by atoms with Gasteiger partial charge in [-0.25, -0.2) is 0 Å². The molecule has 0 aliphatic heterocycles. The van der Waals surface area contributed by atoms with Crippen LogP contribution in [-0.2, 0) is 0 Å². The molecule has 0 radical (unpaired) electrons. The monoisotopic (exact) mass is 307 g/mol. The lowest BCUT2D eigenvalue weighted by atomic mass is 10.0. The summed E-state index contributed by atoms with van der Waals surface area (Å²) in [6.45, 7) is 14.2. The Morgan fingerprint density at radius 2 is 1.65 bits per heavy atom. The third-order valence-electron chi connectivity index (χ3n) is 4.19. The standard InChI is InChI=1S/C15H16O.C6H9N/c1-5-7-14-12(6-2)13-9-8-10(3)11(4)15(13)16-14;1-5-3-7-4-6(5)2/h5-9H,2H2,1,3-4H3;3-4,7H,1-2H3/b7-5-;. The van der Waals surface area contributed by atoms with Crippen LogP contribution in [0.15, 0.2) is 41.6 Å². The topological polar surface area (TPSA) is 28.9 Å². The van der Waals surface area contributed by atoms with E-state index in [1.807, 2.05) is 37.5 Å². The molecule has 0 saturated carbocycles. The Hall–Kier alpha value is -2.48. The smallest absolute Gasteiger partial charge is 0.138 e. The van der Waals surface area contributed by atoms with Crippen molar-refractivity contribution in [1.82, 2.24) is 4.98 Å². The summed E-state index contributed by atoms with van der Waals surface area (Å²) in [5.74, 6) is 0.890. The van der Waals surface area contributed by atoms with Crippen molar-refractivity contribution in [2.75, 3.05) is 0 Å². The molecule has 2 aromatic heterocycles. The molecule has 0 saturated heterocycles. The maximum absolute atomic E-state index is 5.88. The molecule has 0 fully saturated rings. The molecule has 1 N–H and O–H groups in total. The van der Waals surface area contributed by atoms with Gasteiger partial charge in [-0.05, 0) is 62.9 Å². The molecule has 0 atom stereocenters. The maximum Gasteiger partial charge on any atom is 0.138 e. The van der Waals surface area contributed by atoms with E-state index in [0.29, 0.717) is 0 Å². The van der Waals surface area contributed by atoms with Crippen molar-refractivity contribution in [2.45, 2.75) is 34.6 Å². The minimum absolute atomic E-state index is 0.890. The van der Waals surface area contributed by atoms with Crippen LogP contribution in [0.4, 0.5) is 0 Å². The first kappa shape index (κ1) is 16.9. The molecule has 23 heavy (non-hydrogen) atoms. The summed E-state index contributed by atoms with van der Waals surface area (Å²) >= 11 is 0.